The number of nitrogens with zero attached hydrogens (tertiary/aromatic N) is 1. The van der Waals surface area contributed by atoms with Crippen LogP contribution in [0.1, 0.15) is 52.4 Å². The van der Waals surface area contributed by atoms with E-state index in [2.05, 4.69) is 23.8 Å². The molecule has 2 heterocycles. The van der Waals surface area contributed by atoms with Crippen molar-refractivity contribution in [2.45, 2.75) is 45.4 Å². The lowest BCUT2D eigenvalue weighted by molar-refractivity contribution is 0.0978. The van der Waals surface area contributed by atoms with Crippen LogP contribution in [0.5, 0.6) is 11.6 Å². The van der Waals surface area contributed by atoms with E-state index in [0.717, 1.165) is 28.3 Å². The summed E-state index contributed by atoms with van der Waals surface area (Å²) in [6.07, 6.45) is 1.30. The van der Waals surface area contributed by atoms with Gasteiger partial charge < -0.3 is 9.72 Å². The Labute approximate surface area is 221 Å². The number of pyridine rings is 2. The van der Waals surface area contributed by atoms with Crippen LogP contribution >= 0.6 is 0 Å². The number of aryl methyl sites for hydroxylation is 3. The average molecular weight is 532 g/mol. The fourth-order valence-corrected chi connectivity index (χ4v) is 5.19. The van der Waals surface area contributed by atoms with Crippen molar-refractivity contribution in [1.29, 1.82) is 0 Å². The van der Waals surface area contributed by atoms with Gasteiger partial charge in [-0.2, -0.15) is 0 Å². The Bertz CT molecular complexity index is 1650. The molecular formula is C29H29N3O5S. The van der Waals surface area contributed by atoms with Crippen LogP contribution in [0.4, 0.5) is 0 Å². The molecule has 0 unspecified atom stereocenters. The molecule has 196 valence electrons. The summed E-state index contributed by atoms with van der Waals surface area (Å²) in [7, 11) is -4.45. The van der Waals surface area contributed by atoms with Gasteiger partial charge in [-0.1, -0.05) is 55.8 Å². The lowest BCUT2D eigenvalue weighted by atomic mass is 10.0. The number of nitrogens with one attached hydrogen (secondary N) is 2. The lowest BCUT2D eigenvalue weighted by Gasteiger charge is -2.16. The van der Waals surface area contributed by atoms with Gasteiger partial charge in [0.05, 0.1) is 5.69 Å². The fraction of sp³-hybridized carbons (Fsp3) is 0.207. The number of aromatic amines is 1. The summed E-state index contributed by atoms with van der Waals surface area (Å²) < 4.78 is 33.8. The Kier molecular flexibility index (Phi) is 7.50. The van der Waals surface area contributed by atoms with Crippen LogP contribution in [0.2, 0.25) is 0 Å². The van der Waals surface area contributed by atoms with E-state index < -0.39 is 26.4 Å². The first kappa shape index (κ1) is 26.8. The number of aromatic nitrogens is 2. The second-order valence-corrected chi connectivity index (χ2v) is 11.1. The third-order valence-electron chi connectivity index (χ3n) is 6.08. The second-order valence-electron chi connectivity index (χ2n) is 9.45. The van der Waals surface area contributed by atoms with E-state index in [9.17, 15) is 18.0 Å². The summed E-state index contributed by atoms with van der Waals surface area (Å²) in [5.74, 6) is -0.139. The maximum absolute atomic E-state index is 13.2. The number of sulfonamides is 1. The van der Waals surface area contributed by atoms with Crippen molar-refractivity contribution in [1.82, 2.24) is 14.7 Å². The van der Waals surface area contributed by atoms with Gasteiger partial charge in [0, 0.05) is 11.8 Å². The van der Waals surface area contributed by atoms with Crippen molar-refractivity contribution >= 4 is 15.9 Å². The topological polar surface area (TPSA) is 118 Å². The molecule has 0 spiro atoms. The molecule has 2 aromatic heterocycles. The second kappa shape index (κ2) is 10.6. The molecule has 2 aromatic carbocycles. The van der Waals surface area contributed by atoms with Gasteiger partial charge in [-0.25, -0.2) is 18.1 Å². The fourth-order valence-electron chi connectivity index (χ4n) is 4.16. The predicted molar refractivity (Wildman–Crippen MR) is 146 cm³/mol. The molecule has 2 N–H and O–H groups in total. The SMILES string of the molecule is Cc1cc(C)c(Oc2nc(-c3ccc(C(C)C)cc3)ccc2C(=O)NS(=O)(=O)c2ccc[nH]c2=O)c(C)c1. The van der Waals surface area contributed by atoms with Crippen LogP contribution in [0.15, 0.2) is 76.6 Å². The van der Waals surface area contributed by atoms with E-state index in [4.69, 9.17) is 4.74 Å². The van der Waals surface area contributed by atoms with Gasteiger partial charge in [0.1, 0.15) is 11.3 Å². The Morgan fingerprint density at radius 3 is 2.24 bits per heavy atom. The normalized spacial score (nSPS) is 11.4. The maximum Gasteiger partial charge on any atom is 0.270 e. The van der Waals surface area contributed by atoms with Crippen molar-refractivity contribution in [3.05, 3.63) is 105 Å². The molecule has 4 aromatic rings. The predicted octanol–water partition coefficient (Wildman–Crippen LogP) is 5.40. The van der Waals surface area contributed by atoms with Crippen LogP contribution in [0.25, 0.3) is 11.3 Å². The first-order valence-corrected chi connectivity index (χ1v) is 13.6. The lowest BCUT2D eigenvalue weighted by Crippen LogP contribution is -2.34. The van der Waals surface area contributed by atoms with Crippen LogP contribution in [-0.4, -0.2) is 24.3 Å². The van der Waals surface area contributed by atoms with Crippen molar-refractivity contribution < 1.29 is 17.9 Å². The summed E-state index contributed by atoms with van der Waals surface area (Å²) in [4.78, 5) is 31.6. The number of carbonyl (C=O) groups is 1. The number of hydrogen-bond acceptors (Lipinski definition) is 6. The van der Waals surface area contributed by atoms with Gasteiger partial charge in [-0.05, 0) is 67.6 Å². The summed E-state index contributed by atoms with van der Waals surface area (Å²) in [6, 6.07) is 17.4. The van der Waals surface area contributed by atoms with E-state index in [1.165, 1.54) is 23.9 Å². The number of amides is 1. The Morgan fingerprint density at radius 2 is 1.63 bits per heavy atom. The highest BCUT2D eigenvalue weighted by Crippen LogP contribution is 2.33. The van der Waals surface area contributed by atoms with Crippen molar-refractivity contribution in [3.63, 3.8) is 0 Å². The molecule has 0 atom stereocenters. The monoisotopic (exact) mass is 531 g/mol. The van der Waals surface area contributed by atoms with Gasteiger partial charge in [0.25, 0.3) is 21.5 Å². The third-order valence-corrected chi connectivity index (χ3v) is 7.43. The Morgan fingerprint density at radius 1 is 0.974 bits per heavy atom. The van der Waals surface area contributed by atoms with E-state index in [1.54, 1.807) is 6.07 Å². The number of ether oxygens (including phenoxy) is 1. The Balaban J connectivity index is 1.78. The Hall–Kier alpha value is -4.24. The first-order valence-electron chi connectivity index (χ1n) is 12.1. The zero-order valence-corrected chi connectivity index (χ0v) is 22.6. The minimum atomic E-state index is -4.45. The molecule has 1 amide bonds. The molecule has 0 bridgehead atoms. The zero-order chi connectivity index (χ0) is 27.6. The molecule has 0 saturated heterocycles. The molecule has 8 nitrogen and oxygen atoms in total. The van der Waals surface area contributed by atoms with E-state index in [0.29, 0.717) is 17.4 Å². The molecular weight excluding hydrogens is 502 g/mol. The highest BCUT2D eigenvalue weighted by Gasteiger charge is 2.25. The van der Waals surface area contributed by atoms with E-state index >= 15 is 0 Å². The molecule has 0 saturated carbocycles. The highest BCUT2D eigenvalue weighted by molar-refractivity contribution is 7.90. The van der Waals surface area contributed by atoms with E-state index in [-0.39, 0.29) is 11.4 Å². The summed E-state index contributed by atoms with van der Waals surface area (Å²) in [6.45, 7) is 9.95. The van der Waals surface area contributed by atoms with Gasteiger partial charge in [0.15, 0.2) is 4.90 Å². The summed E-state index contributed by atoms with van der Waals surface area (Å²) in [5, 5.41) is 0. The van der Waals surface area contributed by atoms with Gasteiger partial charge >= 0.3 is 0 Å². The van der Waals surface area contributed by atoms with Gasteiger partial charge in [0.2, 0.25) is 5.88 Å². The van der Waals surface area contributed by atoms with Crippen molar-refractivity contribution in [3.8, 4) is 22.9 Å². The largest absolute Gasteiger partial charge is 0.438 e. The zero-order valence-electron chi connectivity index (χ0n) is 21.8. The highest BCUT2D eigenvalue weighted by atomic mass is 32.2. The maximum atomic E-state index is 13.2. The standard InChI is InChI=1S/C29H29N3O5S/c1-17(2)21-8-10-22(11-9-21)24-13-12-23(27(33)32-38(35,36)25-7-6-14-30-28(25)34)29(31-24)37-26-19(4)15-18(3)16-20(26)5/h6-17H,1-5H3,(H,30,34)(H,32,33). The third kappa shape index (κ3) is 5.68. The van der Waals surface area contributed by atoms with Crippen LogP contribution < -0.4 is 15.0 Å². The smallest absolute Gasteiger partial charge is 0.270 e. The number of H-pyrrole nitrogens is 1. The molecule has 0 aliphatic carbocycles. The summed E-state index contributed by atoms with van der Waals surface area (Å²) in [5.41, 5.74) is 4.33. The van der Waals surface area contributed by atoms with Crippen LogP contribution in [0.3, 0.4) is 0 Å². The van der Waals surface area contributed by atoms with Gasteiger partial charge in [-0.3, -0.25) is 9.59 Å². The number of benzene rings is 2. The molecule has 38 heavy (non-hydrogen) atoms. The number of rotatable bonds is 7. The molecule has 0 radical (unpaired) electrons. The van der Waals surface area contributed by atoms with Crippen LogP contribution in [-0.2, 0) is 10.0 Å². The quantitative estimate of drug-likeness (QED) is 0.330. The van der Waals surface area contributed by atoms with Gasteiger partial charge in [-0.15, -0.1) is 0 Å². The minimum absolute atomic E-state index is 0.0554. The molecule has 0 aliphatic heterocycles. The number of carbonyl (C=O) groups excluding carboxylic acids is 1. The van der Waals surface area contributed by atoms with Crippen molar-refractivity contribution in [2.24, 2.45) is 0 Å². The average Bonchev–Trinajstić information content (AvgIpc) is 2.86. The molecule has 0 fully saturated rings. The first-order chi connectivity index (χ1) is 18.0. The summed E-state index contributed by atoms with van der Waals surface area (Å²) >= 11 is 0. The molecule has 4 rings (SSSR count). The minimum Gasteiger partial charge on any atom is -0.438 e. The van der Waals surface area contributed by atoms with E-state index in [1.807, 2.05) is 61.9 Å². The van der Waals surface area contributed by atoms with Crippen molar-refractivity contribution in [2.75, 3.05) is 0 Å². The number of hydrogen-bond donors (Lipinski definition) is 2. The molecule has 9 heteroatoms. The molecule has 0 aliphatic rings. The van der Waals surface area contributed by atoms with Crippen LogP contribution in [0, 0.1) is 20.8 Å².